The number of carbonyl (C=O) groups excluding carboxylic acids is 1. The van der Waals surface area contributed by atoms with Crippen molar-refractivity contribution in [1.82, 2.24) is 9.55 Å². The number of rotatable bonds is 6. The lowest BCUT2D eigenvalue weighted by Crippen LogP contribution is -2.14. The number of aromatic nitrogens is 2. The van der Waals surface area contributed by atoms with E-state index in [2.05, 4.69) is 4.98 Å². The Labute approximate surface area is 140 Å². The second-order valence-electron chi connectivity index (χ2n) is 5.45. The lowest BCUT2D eigenvalue weighted by Gasteiger charge is -2.08. The molecule has 5 heteroatoms. The maximum Gasteiger partial charge on any atom is 0.326 e. The van der Waals surface area contributed by atoms with Crippen LogP contribution in [0.3, 0.4) is 0 Å². The molecule has 0 spiro atoms. The molecule has 0 radical (unpaired) electrons. The van der Waals surface area contributed by atoms with Gasteiger partial charge in [0.15, 0.2) is 0 Å². The summed E-state index contributed by atoms with van der Waals surface area (Å²) in [6.07, 6.45) is 0. The molecule has 3 aromatic rings. The molecule has 1 aromatic heterocycles. The van der Waals surface area contributed by atoms with Crippen LogP contribution >= 0.6 is 0 Å². The van der Waals surface area contributed by atoms with E-state index >= 15 is 0 Å². The molecule has 0 atom stereocenters. The highest BCUT2D eigenvalue weighted by Crippen LogP contribution is 2.26. The predicted molar refractivity (Wildman–Crippen MR) is 91.9 cm³/mol. The van der Waals surface area contributed by atoms with Crippen LogP contribution in [-0.2, 0) is 22.7 Å². The first-order chi connectivity index (χ1) is 11.7. The van der Waals surface area contributed by atoms with Gasteiger partial charge in [-0.15, -0.1) is 0 Å². The van der Waals surface area contributed by atoms with Crippen molar-refractivity contribution in [2.24, 2.45) is 0 Å². The summed E-state index contributed by atoms with van der Waals surface area (Å²) in [4.78, 5) is 16.4. The Kier molecular flexibility index (Phi) is 4.79. The van der Waals surface area contributed by atoms with E-state index in [1.165, 1.54) is 0 Å². The highest BCUT2D eigenvalue weighted by Gasteiger charge is 2.14. The number of benzene rings is 2. The van der Waals surface area contributed by atoms with Gasteiger partial charge in [-0.1, -0.05) is 36.4 Å². The van der Waals surface area contributed by atoms with Crippen molar-refractivity contribution in [3.8, 4) is 5.75 Å². The largest absolute Gasteiger partial charge is 0.487 e. The molecule has 0 unspecified atom stereocenters. The molecule has 0 N–H and O–H groups in total. The van der Waals surface area contributed by atoms with Crippen molar-refractivity contribution >= 4 is 17.0 Å². The van der Waals surface area contributed by atoms with Crippen LogP contribution in [0.1, 0.15) is 18.3 Å². The molecule has 3 rings (SSSR count). The standard InChI is InChI=1S/C19H20N2O3/c1-3-23-18(22)12-21-14(2)20-19-16(21)10-7-11-17(19)24-13-15-8-5-4-6-9-15/h4-11H,3,12-13H2,1-2H3. The molecule has 124 valence electrons. The summed E-state index contributed by atoms with van der Waals surface area (Å²) < 4.78 is 12.8. The third-order valence-corrected chi connectivity index (χ3v) is 3.76. The fourth-order valence-electron chi connectivity index (χ4n) is 2.62. The van der Waals surface area contributed by atoms with E-state index < -0.39 is 0 Å². The smallest absolute Gasteiger partial charge is 0.326 e. The third-order valence-electron chi connectivity index (χ3n) is 3.76. The fraction of sp³-hybridized carbons (Fsp3) is 0.263. The number of ether oxygens (including phenoxy) is 2. The van der Waals surface area contributed by atoms with Crippen molar-refractivity contribution in [1.29, 1.82) is 0 Å². The van der Waals surface area contributed by atoms with E-state index in [0.717, 1.165) is 22.4 Å². The second kappa shape index (κ2) is 7.17. The van der Waals surface area contributed by atoms with Crippen molar-refractivity contribution in [3.63, 3.8) is 0 Å². The molecule has 0 saturated heterocycles. The minimum absolute atomic E-state index is 0.151. The summed E-state index contributed by atoms with van der Waals surface area (Å²) in [5.74, 6) is 1.20. The Morgan fingerprint density at radius 3 is 2.67 bits per heavy atom. The summed E-state index contributed by atoms with van der Waals surface area (Å²) in [6.45, 7) is 4.67. The number of imidazole rings is 1. The number of carbonyl (C=O) groups is 1. The molecule has 0 aliphatic carbocycles. The highest BCUT2D eigenvalue weighted by atomic mass is 16.5. The van der Waals surface area contributed by atoms with Gasteiger partial charge in [-0.05, 0) is 31.5 Å². The molecule has 0 saturated carbocycles. The first-order valence-electron chi connectivity index (χ1n) is 7.97. The number of hydrogen-bond acceptors (Lipinski definition) is 4. The van der Waals surface area contributed by atoms with Crippen molar-refractivity contribution < 1.29 is 14.3 Å². The van der Waals surface area contributed by atoms with Crippen molar-refractivity contribution in [2.75, 3.05) is 6.61 Å². The van der Waals surface area contributed by atoms with Crippen LogP contribution in [0, 0.1) is 6.92 Å². The maximum atomic E-state index is 11.8. The normalized spacial score (nSPS) is 10.8. The van der Waals surface area contributed by atoms with Gasteiger partial charge in [-0.3, -0.25) is 4.79 Å². The van der Waals surface area contributed by atoms with Crippen molar-refractivity contribution in [2.45, 2.75) is 27.0 Å². The summed E-state index contributed by atoms with van der Waals surface area (Å²) in [5, 5.41) is 0. The van der Waals surface area contributed by atoms with Gasteiger partial charge >= 0.3 is 5.97 Å². The predicted octanol–water partition coefficient (Wildman–Crippen LogP) is 3.49. The van der Waals surface area contributed by atoms with Crippen LogP contribution in [0.5, 0.6) is 5.75 Å². The fourth-order valence-corrected chi connectivity index (χ4v) is 2.62. The first-order valence-corrected chi connectivity index (χ1v) is 7.97. The number of esters is 1. The zero-order valence-electron chi connectivity index (χ0n) is 13.9. The highest BCUT2D eigenvalue weighted by molar-refractivity contribution is 5.84. The number of para-hydroxylation sites is 1. The summed E-state index contributed by atoms with van der Waals surface area (Å²) in [6, 6.07) is 15.7. The van der Waals surface area contributed by atoms with Gasteiger partial charge in [0.2, 0.25) is 0 Å². The number of fused-ring (bicyclic) bond motifs is 1. The van der Waals surface area contributed by atoms with Crippen LogP contribution in [-0.4, -0.2) is 22.1 Å². The van der Waals surface area contributed by atoms with E-state index in [9.17, 15) is 4.79 Å². The lowest BCUT2D eigenvalue weighted by molar-refractivity contribution is -0.143. The molecular formula is C19H20N2O3. The van der Waals surface area contributed by atoms with E-state index in [1.807, 2.05) is 60.0 Å². The molecule has 0 amide bonds. The third kappa shape index (κ3) is 3.40. The lowest BCUT2D eigenvalue weighted by atomic mass is 10.2. The molecule has 1 heterocycles. The number of aryl methyl sites for hydroxylation is 1. The quantitative estimate of drug-likeness (QED) is 0.651. The van der Waals surface area contributed by atoms with E-state index in [1.54, 1.807) is 6.92 Å². The Morgan fingerprint density at radius 2 is 1.92 bits per heavy atom. The maximum absolute atomic E-state index is 11.8. The van der Waals surface area contributed by atoms with Gasteiger partial charge in [0.1, 0.15) is 30.2 Å². The minimum Gasteiger partial charge on any atom is -0.487 e. The van der Waals surface area contributed by atoms with Crippen LogP contribution in [0.15, 0.2) is 48.5 Å². The Morgan fingerprint density at radius 1 is 1.12 bits per heavy atom. The van der Waals surface area contributed by atoms with Crippen LogP contribution in [0.2, 0.25) is 0 Å². The average molecular weight is 324 g/mol. The van der Waals surface area contributed by atoms with Gasteiger partial charge in [0.05, 0.1) is 12.1 Å². The van der Waals surface area contributed by atoms with Crippen molar-refractivity contribution in [3.05, 3.63) is 59.9 Å². The SMILES string of the molecule is CCOC(=O)Cn1c(C)nc2c(OCc3ccccc3)cccc21. The van der Waals surface area contributed by atoms with Crippen LogP contribution in [0.4, 0.5) is 0 Å². The zero-order chi connectivity index (χ0) is 16.9. The molecular weight excluding hydrogens is 304 g/mol. The second-order valence-corrected chi connectivity index (χ2v) is 5.45. The molecule has 2 aromatic carbocycles. The van der Waals surface area contributed by atoms with Crippen LogP contribution < -0.4 is 4.74 Å². The number of hydrogen-bond donors (Lipinski definition) is 0. The van der Waals surface area contributed by atoms with Gasteiger partial charge in [0.25, 0.3) is 0 Å². The van der Waals surface area contributed by atoms with Gasteiger partial charge in [0, 0.05) is 0 Å². The molecule has 0 aliphatic rings. The van der Waals surface area contributed by atoms with E-state index in [0.29, 0.717) is 19.0 Å². The minimum atomic E-state index is -0.268. The van der Waals surface area contributed by atoms with Gasteiger partial charge < -0.3 is 14.0 Å². The van der Waals surface area contributed by atoms with E-state index in [4.69, 9.17) is 9.47 Å². The molecule has 24 heavy (non-hydrogen) atoms. The zero-order valence-corrected chi connectivity index (χ0v) is 13.9. The molecule has 0 aliphatic heterocycles. The molecule has 0 fully saturated rings. The molecule has 5 nitrogen and oxygen atoms in total. The topological polar surface area (TPSA) is 53.4 Å². The summed E-state index contributed by atoms with van der Waals surface area (Å²) >= 11 is 0. The first kappa shape index (κ1) is 16.1. The summed E-state index contributed by atoms with van der Waals surface area (Å²) in [7, 11) is 0. The Bertz CT molecular complexity index is 840. The molecule has 0 bridgehead atoms. The number of nitrogens with zero attached hydrogens (tertiary/aromatic N) is 2. The van der Waals surface area contributed by atoms with E-state index in [-0.39, 0.29) is 12.5 Å². The summed E-state index contributed by atoms with van der Waals surface area (Å²) in [5.41, 5.74) is 2.72. The Balaban J connectivity index is 1.86. The monoisotopic (exact) mass is 324 g/mol. The van der Waals surface area contributed by atoms with Gasteiger partial charge in [-0.2, -0.15) is 0 Å². The Hall–Kier alpha value is -2.82. The van der Waals surface area contributed by atoms with Crippen LogP contribution in [0.25, 0.3) is 11.0 Å². The average Bonchev–Trinajstić information content (AvgIpc) is 2.90. The van der Waals surface area contributed by atoms with Gasteiger partial charge in [-0.25, -0.2) is 4.98 Å².